The second kappa shape index (κ2) is 8.55. The average molecular weight is 420 g/mol. The van der Waals surface area contributed by atoms with Crippen molar-refractivity contribution < 1.29 is 28.6 Å². The number of ether oxygens (including phenoxy) is 2. The molecule has 0 saturated carbocycles. The number of aromatic amines is 1. The Morgan fingerprint density at radius 3 is 2.66 bits per heavy atom. The number of rotatable bonds is 6. The summed E-state index contributed by atoms with van der Waals surface area (Å²) >= 11 is 0. The number of hydrogen-bond acceptors (Lipinski definition) is 7. The Hall–Kier alpha value is -3.02. The normalized spacial score (nSPS) is 21.2. The number of nitrogens with zero attached hydrogens (tertiary/aromatic N) is 1. The van der Waals surface area contributed by atoms with Crippen molar-refractivity contribution in [3.05, 3.63) is 68.0 Å². The van der Waals surface area contributed by atoms with Crippen LogP contribution in [-0.4, -0.2) is 55.9 Å². The molecule has 1 fully saturated rings. The van der Waals surface area contributed by atoms with E-state index in [1.165, 1.54) is 29.0 Å². The van der Waals surface area contributed by atoms with Gasteiger partial charge in [0.05, 0.1) is 17.2 Å². The summed E-state index contributed by atoms with van der Waals surface area (Å²) in [4.78, 5) is 49.5. The molecule has 0 unspecified atom stereocenters. The lowest BCUT2D eigenvalue weighted by atomic mass is 10.1. The Bertz CT molecular complexity index is 1050. The van der Waals surface area contributed by atoms with Crippen molar-refractivity contribution in [2.45, 2.75) is 31.8 Å². The maximum atomic E-state index is 12.3. The molecule has 1 aromatic carbocycles. The van der Waals surface area contributed by atoms with Crippen LogP contribution < -0.4 is 11.2 Å². The van der Waals surface area contributed by atoms with E-state index in [4.69, 9.17) is 13.9 Å². The molecule has 2 N–H and O–H groups in total. The molecule has 1 aromatic heterocycles. The van der Waals surface area contributed by atoms with Crippen LogP contribution in [0, 0.1) is 6.92 Å². The SMILES string of the molecule is Cc1cn([C@H]2C[C@H](O[SiH3])[C@@H](COC(=O)c3ccccc3C(=O)O)O2)c(=O)[nH]c1=O. The molecule has 3 rings (SSSR count). The van der Waals surface area contributed by atoms with Crippen LogP contribution in [0.4, 0.5) is 0 Å². The largest absolute Gasteiger partial charge is 0.478 e. The number of benzene rings is 1. The van der Waals surface area contributed by atoms with Crippen molar-refractivity contribution in [3.8, 4) is 0 Å². The van der Waals surface area contributed by atoms with Gasteiger partial charge < -0.3 is 19.0 Å². The summed E-state index contributed by atoms with van der Waals surface area (Å²) in [6.07, 6.45) is 0.00827. The molecular weight excluding hydrogens is 400 g/mol. The van der Waals surface area contributed by atoms with E-state index in [0.29, 0.717) is 22.5 Å². The monoisotopic (exact) mass is 420 g/mol. The number of H-pyrrole nitrogens is 1. The molecule has 10 nitrogen and oxygen atoms in total. The van der Waals surface area contributed by atoms with Crippen molar-refractivity contribution in [3.63, 3.8) is 0 Å². The molecule has 29 heavy (non-hydrogen) atoms. The molecule has 0 radical (unpaired) electrons. The number of hydrogen-bond donors (Lipinski definition) is 2. The first-order valence-corrected chi connectivity index (χ1v) is 9.63. The highest BCUT2D eigenvalue weighted by atomic mass is 28.2. The van der Waals surface area contributed by atoms with Crippen LogP contribution in [-0.2, 0) is 13.9 Å². The lowest BCUT2D eigenvalue weighted by Crippen LogP contribution is -2.33. The number of nitrogens with one attached hydrogen (secondary N) is 1. The highest BCUT2D eigenvalue weighted by Gasteiger charge is 2.37. The first kappa shape index (κ1) is 20.7. The van der Waals surface area contributed by atoms with Gasteiger partial charge in [0, 0.05) is 18.2 Å². The van der Waals surface area contributed by atoms with Gasteiger partial charge in [-0.05, 0) is 19.1 Å². The standard InChI is InChI=1S/C18H20N2O8Si/c1-9-7-20(18(25)19-15(9)21)14-6-12(28-29)13(27-14)8-26-17(24)11-5-3-2-4-10(11)16(22)23/h2-5,7,12-14H,6,8H2,1,29H3,(H,22,23)(H,19,21,25)/t12-,13+,14+/m0/s1. The molecule has 11 heteroatoms. The summed E-state index contributed by atoms with van der Waals surface area (Å²) in [6.45, 7) is 1.40. The van der Waals surface area contributed by atoms with Gasteiger partial charge in [-0.25, -0.2) is 14.4 Å². The number of carboxylic acid groups (broad SMARTS) is 1. The van der Waals surface area contributed by atoms with Crippen LogP contribution in [0.5, 0.6) is 0 Å². The topological polar surface area (TPSA) is 137 Å². The fourth-order valence-electron chi connectivity index (χ4n) is 3.15. The highest BCUT2D eigenvalue weighted by molar-refractivity contribution is 6.02. The van der Waals surface area contributed by atoms with E-state index in [2.05, 4.69) is 4.98 Å². The molecule has 1 aliphatic rings. The Morgan fingerprint density at radius 1 is 1.31 bits per heavy atom. The van der Waals surface area contributed by atoms with Crippen molar-refractivity contribution in [1.29, 1.82) is 0 Å². The van der Waals surface area contributed by atoms with Crippen molar-refractivity contribution in [2.24, 2.45) is 0 Å². The zero-order chi connectivity index (χ0) is 21.1. The Kier molecular flexibility index (Phi) is 6.11. The Morgan fingerprint density at radius 2 is 2.00 bits per heavy atom. The molecule has 2 heterocycles. The first-order valence-electron chi connectivity index (χ1n) is 8.81. The number of aromatic carboxylic acids is 1. The molecule has 0 amide bonds. The number of carbonyl (C=O) groups is 2. The molecule has 3 atom stereocenters. The second-order valence-electron chi connectivity index (χ2n) is 6.57. The number of aryl methyl sites for hydroxylation is 1. The van der Waals surface area contributed by atoms with Gasteiger partial charge in [0.1, 0.15) is 29.4 Å². The van der Waals surface area contributed by atoms with Gasteiger partial charge in [0.25, 0.3) is 5.56 Å². The minimum absolute atomic E-state index is 0.0645. The third kappa shape index (κ3) is 4.36. The van der Waals surface area contributed by atoms with E-state index in [9.17, 15) is 24.3 Å². The summed E-state index contributed by atoms with van der Waals surface area (Å²) in [7, 11) is 0.400. The quantitative estimate of drug-likeness (QED) is 0.465. The van der Waals surface area contributed by atoms with Gasteiger partial charge in [0.2, 0.25) is 0 Å². The van der Waals surface area contributed by atoms with Crippen molar-refractivity contribution in [2.75, 3.05) is 6.61 Å². The third-order valence-corrected chi connectivity index (χ3v) is 5.30. The van der Waals surface area contributed by atoms with Crippen LogP contribution >= 0.6 is 0 Å². The summed E-state index contributed by atoms with van der Waals surface area (Å²) < 4.78 is 17.9. The summed E-state index contributed by atoms with van der Waals surface area (Å²) in [6, 6.07) is 5.74. The van der Waals surface area contributed by atoms with E-state index >= 15 is 0 Å². The fraction of sp³-hybridized carbons (Fsp3) is 0.333. The third-order valence-electron chi connectivity index (χ3n) is 4.70. The smallest absolute Gasteiger partial charge is 0.339 e. The minimum Gasteiger partial charge on any atom is -0.478 e. The number of esters is 1. The molecule has 0 spiro atoms. The molecule has 2 aromatic rings. The number of aromatic nitrogens is 2. The maximum Gasteiger partial charge on any atom is 0.339 e. The van der Waals surface area contributed by atoms with Gasteiger partial charge in [0.15, 0.2) is 0 Å². The minimum atomic E-state index is -1.23. The van der Waals surface area contributed by atoms with Gasteiger partial charge in [-0.1, -0.05) is 12.1 Å². The van der Waals surface area contributed by atoms with Gasteiger partial charge >= 0.3 is 17.6 Å². The molecule has 154 valence electrons. The average Bonchev–Trinajstić information content (AvgIpc) is 3.11. The molecule has 1 aliphatic heterocycles. The predicted octanol–water partition coefficient (Wildman–Crippen LogP) is -0.647. The summed E-state index contributed by atoms with van der Waals surface area (Å²) in [5.74, 6) is -2.03. The van der Waals surface area contributed by atoms with Crippen LogP contribution in [0.25, 0.3) is 0 Å². The van der Waals surface area contributed by atoms with E-state index in [1.54, 1.807) is 13.0 Å². The van der Waals surface area contributed by atoms with Crippen molar-refractivity contribution in [1.82, 2.24) is 9.55 Å². The zero-order valence-electron chi connectivity index (χ0n) is 15.8. The highest BCUT2D eigenvalue weighted by Crippen LogP contribution is 2.29. The van der Waals surface area contributed by atoms with Crippen LogP contribution in [0.1, 0.15) is 38.9 Å². The summed E-state index contributed by atoms with van der Waals surface area (Å²) in [5.41, 5.74) is -0.941. The zero-order valence-corrected chi connectivity index (χ0v) is 17.8. The lowest BCUT2D eigenvalue weighted by molar-refractivity contribution is -0.0492. The van der Waals surface area contributed by atoms with Gasteiger partial charge in [-0.15, -0.1) is 0 Å². The number of carbonyl (C=O) groups excluding carboxylic acids is 1. The second-order valence-corrected chi connectivity index (χ2v) is 7.04. The van der Waals surface area contributed by atoms with E-state index in [1.807, 2.05) is 0 Å². The van der Waals surface area contributed by atoms with E-state index < -0.39 is 41.6 Å². The van der Waals surface area contributed by atoms with Gasteiger partial charge in [-0.3, -0.25) is 14.3 Å². The molecular formula is C18H20N2O8Si. The van der Waals surface area contributed by atoms with E-state index in [0.717, 1.165) is 0 Å². The predicted molar refractivity (Wildman–Crippen MR) is 103 cm³/mol. The fourth-order valence-corrected chi connectivity index (χ4v) is 3.65. The first-order chi connectivity index (χ1) is 13.8. The Labute approximate surface area is 167 Å². The van der Waals surface area contributed by atoms with Crippen molar-refractivity contribution >= 4 is 22.4 Å². The molecule has 0 bridgehead atoms. The molecule has 1 saturated heterocycles. The summed E-state index contributed by atoms with van der Waals surface area (Å²) in [5, 5.41) is 9.20. The van der Waals surface area contributed by atoms with Gasteiger partial charge in [-0.2, -0.15) is 0 Å². The van der Waals surface area contributed by atoms with Crippen LogP contribution in [0.2, 0.25) is 0 Å². The number of carboxylic acids is 1. The lowest BCUT2D eigenvalue weighted by Gasteiger charge is -2.18. The maximum absolute atomic E-state index is 12.3. The Balaban J connectivity index is 1.73. The van der Waals surface area contributed by atoms with Crippen LogP contribution in [0.15, 0.2) is 40.1 Å². The van der Waals surface area contributed by atoms with Crippen LogP contribution in [0.3, 0.4) is 0 Å². The van der Waals surface area contributed by atoms with E-state index in [-0.39, 0.29) is 17.7 Å². The molecule has 0 aliphatic carbocycles.